The number of pyridine rings is 1. The molecule has 0 radical (unpaired) electrons. The van der Waals surface area contributed by atoms with Crippen molar-refractivity contribution < 1.29 is 4.79 Å². The molecule has 1 aromatic rings. The van der Waals surface area contributed by atoms with Crippen molar-refractivity contribution in [3.8, 4) is 0 Å². The Bertz CT molecular complexity index is 355. The molecule has 0 aliphatic heterocycles. The van der Waals surface area contributed by atoms with E-state index in [1.54, 1.807) is 0 Å². The van der Waals surface area contributed by atoms with Crippen LogP contribution in [0.3, 0.4) is 0 Å². The lowest BCUT2D eigenvalue weighted by atomic mass is 10.0. The zero-order valence-corrected chi connectivity index (χ0v) is 8.00. The van der Waals surface area contributed by atoms with E-state index in [-0.39, 0.29) is 5.78 Å². The third-order valence-electron chi connectivity index (χ3n) is 2.55. The van der Waals surface area contributed by atoms with Crippen molar-refractivity contribution >= 4 is 5.78 Å². The van der Waals surface area contributed by atoms with Gasteiger partial charge in [-0.2, -0.15) is 0 Å². The molecule has 68 valence electrons. The highest BCUT2D eigenvalue weighted by Gasteiger charge is 2.21. The van der Waals surface area contributed by atoms with Crippen LogP contribution in [0, 0.1) is 0 Å². The second-order valence-electron chi connectivity index (χ2n) is 3.84. The molecule has 1 heterocycles. The summed E-state index contributed by atoms with van der Waals surface area (Å²) in [5.74, 6) is 0.705. The molecule has 0 unspecified atom stereocenters. The monoisotopic (exact) mass is 175 g/mol. The van der Waals surface area contributed by atoms with Crippen molar-refractivity contribution in [1.82, 2.24) is 4.98 Å². The minimum atomic E-state index is 0.255. The van der Waals surface area contributed by atoms with E-state index in [0.717, 1.165) is 23.2 Å². The van der Waals surface area contributed by atoms with Gasteiger partial charge in [0.15, 0.2) is 5.78 Å². The zero-order chi connectivity index (χ0) is 9.42. The molecule has 0 bridgehead atoms. The van der Waals surface area contributed by atoms with Gasteiger partial charge in [-0.15, -0.1) is 0 Å². The molecule has 1 aromatic heterocycles. The van der Waals surface area contributed by atoms with Gasteiger partial charge >= 0.3 is 0 Å². The number of hydrogen-bond acceptors (Lipinski definition) is 2. The molecule has 0 spiro atoms. The number of nitrogens with zero attached hydrogens (tertiary/aromatic N) is 1. The first-order valence-electron chi connectivity index (χ1n) is 4.70. The highest BCUT2D eigenvalue weighted by molar-refractivity contribution is 5.99. The summed E-state index contributed by atoms with van der Waals surface area (Å²) in [6.07, 6.45) is 3.36. The summed E-state index contributed by atoms with van der Waals surface area (Å²) in [4.78, 5) is 15.7. The molecule has 0 amide bonds. The van der Waals surface area contributed by atoms with Gasteiger partial charge in [0, 0.05) is 18.2 Å². The summed E-state index contributed by atoms with van der Waals surface area (Å²) >= 11 is 0. The SMILES string of the molecule is CC(C)c1cnc2c(c1)C(=O)CC2. The molecule has 2 rings (SSSR count). The number of fused-ring (bicyclic) bond motifs is 1. The number of aromatic nitrogens is 1. The predicted octanol–water partition coefficient (Wildman–Crippen LogP) is 2.33. The average Bonchev–Trinajstić information content (AvgIpc) is 2.47. The largest absolute Gasteiger partial charge is 0.294 e. The number of rotatable bonds is 1. The van der Waals surface area contributed by atoms with Gasteiger partial charge in [0.05, 0.1) is 5.69 Å². The molecule has 2 heteroatoms. The Morgan fingerprint density at radius 1 is 1.38 bits per heavy atom. The summed E-state index contributed by atoms with van der Waals surface area (Å²) < 4.78 is 0. The molecule has 0 saturated carbocycles. The van der Waals surface area contributed by atoms with Crippen LogP contribution in [0.15, 0.2) is 12.3 Å². The molecule has 0 aromatic carbocycles. The molecular formula is C11H13NO. The Kier molecular flexibility index (Phi) is 1.91. The third-order valence-corrected chi connectivity index (χ3v) is 2.55. The van der Waals surface area contributed by atoms with E-state index < -0.39 is 0 Å². The molecule has 1 aliphatic carbocycles. The third kappa shape index (κ3) is 1.37. The maximum atomic E-state index is 11.4. The number of ketones is 1. The van der Waals surface area contributed by atoms with Crippen LogP contribution in [-0.4, -0.2) is 10.8 Å². The molecule has 1 aliphatic rings. The molecule has 13 heavy (non-hydrogen) atoms. The number of carbonyl (C=O) groups is 1. The highest BCUT2D eigenvalue weighted by atomic mass is 16.1. The summed E-state index contributed by atoms with van der Waals surface area (Å²) in [5, 5.41) is 0. The first kappa shape index (κ1) is 8.42. The van der Waals surface area contributed by atoms with Crippen molar-refractivity contribution in [3.63, 3.8) is 0 Å². The standard InChI is InChI=1S/C11H13NO/c1-7(2)8-5-9-10(12-6-8)3-4-11(9)13/h5-7H,3-4H2,1-2H3. The van der Waals surface area contributed by atoms with Gasteiger partial charge in [0.25, 0.3) is 0 Å². The van der Waals surface area contributed by atoms with E-state index in [9.17, 15) is 4.79 Å². The fourth-order valence-corrected chi connectivity index (χ4v) is 1.63. The van der Waals surface area contributed by atoms with Crippen LogP contribution < -0.4 is 0 Å². The lowest BCUT2D eigenvalue weighted by molar-refractivity contribution is 0.0994. The summed E-state index contributed by atoms with van der Waals surface area (Å²) in [7, 11) is 0. The predicted molar refractivity (Wildman–Crippen MR) is 51.0 cm³/mol. The topological polar surface area (TPSA) is 30.0 Å². The summed E-state index contributed by atoms with van der Waals surface area (Å²) in [5.41, 5.74) is 3.00. The average molecular weight is 175 g/mol. The number of hydrogen-bond donors (Lipinski definition) is 0. The Labute approximate surface area is 78.0 Å². The van der Waals surface area contributed by atoms with Crippen molar-refractivity contribution in [2.75, 3.05) is 0 Å². The van der Waals surface area contributed by atoms with Crippen LogP contribution in [0.4, 0.5) is 0 Å². The van der Waals surface area contributed by atoms with Crippen LogP contribution in [0.2, 0.25) is 0 Å². The molecule has 0 atom stereocenters. The fraction of sp³-hybridized carbons (Fsp3) is 0.455. The van der Waals surface area contributed by atoms with Gasteiger partial charge in [0.2, 0.25) is 0 Å². The van der Waals surface area contributed by atoms with Crippen LogP contribution in [0.5, 0.6) is 0 Å². The molecule has 2 nitrogen and oxygen atoms in total. The number of aryl methyl sites for hydroxylation is 1. The van der Waals surface area contributed by atoms with Crippen LogP contribution in [0.1, 0.15) is 47.8 Å². The van der Waals surface area contributed by atoms with E-state index in [0.29, 0.717) is 12.3 Å². The molecule has 0 fully saturated rings. The van der Waals surface area contributed by atoms with Crippen molar-refractivity contribution in [2.24, 2.45) is 0 Å². The van der Waals surface area contributed by atoms with E-state index in [1.165, 1.54) is 0 Å². The number of carbonyl (C=O) groups excluding carboxylic acids is 1. The summed E-state index contributed by atoms with van der Waals surface area (Å²) in [6.45, 7) is 4.23. The van der Waals surface area contributed by atoms with E-state index >= 15 is 0 Å². The normalized spacial score (nSPS) is 15.2. The Morgan fingerprint density at radius 3 is 2.85 bits per heavy atom. The van der Waals surface area contributed by atoms with Crippen molar-refractivity contribution in [3.05, 3.63) is 29.1 Å². The molecule has 0 saturated heterocycles. The Hall–Kier alpha value is -1.18. The maximum absolute atomic E-state index is 11.4. The molecular weight excluding hydrogens is 162 g/mol. The van der Waals surface area contributed by atoms with Gasteiger partial charge in [-0.1, -0.05) is 13.8 Å². The van der Waals surface area contributed by atoms with Gasteiger partial charge in [0.1, 0.15) is 0 Å². The number of Topliss-reactive ketones (excluding diaryl/α,β-unsaturated/α-hetero) is 1. The smallest absolute Gasteiger partial charge is 0.165 e. The Balaban J connectivity index is 2.48. The lowest BCUT2D eigenvalue weighted by Gasteiger charge is -2.05. The van der Waals surface area contributed by atoms with Crippen LogP contribution >= 0.6 is 0 Å². The minimum absolute atomic E-state index is 0.255. The van der Waals surface area contributed by atoms with Crippen molar-refractivity contribution in [1.29, 1.82) is 0 Å². The van der Waals surface area contributed by atoms with Crippen molar-refractivity contribution in [2.45, 2.75) is 32.6 Å². The quantitative estimate of drug-likeness (QED) is 0.655. The highest BCUT2D eigenvalue weighted by Crippen LogP contribution is 2.23. The summed E-state index contributed by atoms with van der Waals surface area (Å²) in [6, 6.07) is 2.00. The van der Waals surface area contributed by atoms with E-state index in [2.05, 4.69) is 18.8 Å². The second-order valence-corrected chi connectivity index (χ2v) is 3.84. The van der Waals surface area contributed by atoms with Crippen LogP contribution in [0.25, 0.3) is 0 Å². The first-order valence-corrected chi connectivity index (χ1v) is 4.70. The fourth-order valence-electron chi connectivity index (χ4n) is 1.63. The van der Waals surface area contributed by atoms with E-state index in [4.69, 9.17) is 0 Å². The second kappa shape index (κ2) is 2.95. The molecule has 0 N–H and O–H groups in total. The minimum Gasteiger partial charge on any atom is -0.294 e. The van der Waals surface area contributed by atoms with Gasteiger partial charge in [-0.25, -0.2) is 0 Å². The lowest BCUT2D eigenvalue weighted by Crippen LogP contribution is -1.97. The Morgan fingerprint density at radius 2 is 2.15 bits per heavy atom. The maximum Gasteiger partial charge on any atom is 0.165 e. The first-order chi connectivity index (χ1) is 6.18. The zero-order valence-electron chi connectivity index (χ0n) is 8.00. The van der Waals surface area contributed by atoms with Crippen LogP contribution in [-0.2, 0) is 6.42 Å². The van der Waals surface area contributed by atoms with E-state index in [1.807, 2.05) is 12.3 Å². The van der Waals surface area contributed by atoms with Gasteiger partial charge in [-0.05, 0) is 24.0 Å². The van der Waals surface area contributed by atoms with Gasteiger partial charge in [-0.3, -0.25) is 9.78 Å². The van der Waals surface area contributed by atoms with Gasteiger partial charge < -0.3 is 0 Å².